The van der Waals surface area contributed by atoms with Crippen LogP contribution in [0.2, 0.25) is 0 Å². The average Bonchev–Trinajstić information content (AvgIpc) is 2.75. The topological polar surface area (TPSA) is 92.0 Å². The summed E-state index contributed by atoms with van der Waals surface area (Å²) < 4.78 is 39.8. The first-order chi connectivity index (χ1) is 10.5. The van der Waals surface area contributed by atoms with Crippen LogP contribution in [0.25, 0.3) is 0 Å². The summed E-state index contributed by atoms with van der Waals surface area (Å²) in [6.07, 6.45) is -0.316. The third-order valence-corrected chi connectivity index (χ3v) is 5.43. The van der Waals surface area contributed by atoms with Crippen molar-refractivity contribution in [2.24, 2.45) is 0 Å². The molecule has 0 saturated carbocycles. The summed E-state index contributed by atoms with van der Waals surface area (Å²) in [5, 5.41) is 10.6. The zero-order chi connectivity index (χ0) is 17.4. The summed E-state index contributed by atoms with van der Waals surface area (Å²) in [7, 11) is -3.68. The minimum absolute atomic E-state index is 0.130. The maximum absolute atomic E-state index is 12.5. The van der Waals surface area contributed by atoms with Gasteiger partial charge in [0.05, 0.1) is 12.2 Å². The fraction of sp³-hybridized carbons (Fsp3) is 0.733. The molecule has 1 aliphatic heterocycles. The van der Waals surface area contributed by atoms with E-state index in [2.05, 4.69) is 4.72 Å². The van der Waals surface area contributed by atoms with Gasteiger partial charge in [-0.3, -0.25) is 0 Å². The second-order valence-corrected chi connectivity index (χ2v) is 8.26. The monoisotopic (exact) mass is 346 g/mol. The van der Waals surface area contributed by atoms with Crippen molar-refractivity contribution in [3.05, 3.63) is 23.2 Å². The minimum atomic E-state index is -3.68. The highest BCUT2D eigenvalue weighted by Crippen LogP contribution is 2.26. The second kappa shape index (κ2) is 6.52. The molecule has 132 valence electrons. The molecule has 2 N–H and O–H groups in total. The number of nitrogens with zero attached hydrogens (tertiary/aromatic N) is 1. The third-order valence-electron chi connectivity index (χ3n) is 3.95. The van der Waals surface area contributed by atoms with Crippen LogP contribution >= 0.6 is 0 Å². The van der Waals surface area contributed by atoms with Crippen LogP contribution in [-0.4, -0.2) is 49.7 Å². The number of aryl methyl sites for hydroxylation is 2. The molecule has 1 fully saturated rings. The van der Waals surface area contributed by atoms with Gasteiger partial charge in [0, 0.05) is 25.2 Å². The molecule has 2 heterocycles. The number of hydrogen-bond acceptors (Lipinski definition) is 5. The molecule has 1 aromatic rings. The van der Waals surface area contributed by atoms with E-state index in [4.69, 9.17) is 9.15 Å². The molecule has 1 aromatic heterocycles. The number of ether oxygens (including phenoxy) is 1. The summed E-state index contributed by atoms with van der Waals surface area (Å²) in [4.78, 5) is 0. The van der Waals surface area contributed by atoms with E-state index >= 15 is 0 Å². The predicted molar refractivity (Wildman–Crippen MR) is 86.3 cm³/mol. The molecule has 2 rings (SSSR count). The van der Waals surface area contributed by atoms with Crippen molar-refractivity contribution >= 4 is 10.2 Å². The SMILES string of the molecule is Cc1cc([C@](C)(O)CNS(=O)(=O)N2C[C@H](C)O[C@@H](C)C2)c(C)o1. The second-order valence-electron chi connectivity index (χ2n) is 6.50. The molecular formula is C15H26N2O5S. The predicted octanol–water partition coefficient (Wildman–Crippen LogP) is 1.05. The van der Waals surface area contributed by atoms with Crippen molar-refractivity contribution in [3.8, 4) is 0 Å². The van der Waals surface area contributed by atoms with Gasteiger partial charge in [-0.25, -0.2) is 0 Å². The molecule has 1 saturated heterocycles. The maximum atomic E-state index is 12.5. The molecule has 0 aromatic carbocycles. The zero-order valence-corrected chi connectivity index (χ0v) is 15.1. The molecule has 0 spiro atoms. The fourth-order valence-electron chi connectivity index (χ4n) is 2.91. The van der Waals surface area contributed by atoms with E-state index in [1.54, 1.807) is 26.8 Å². The lowest BCUT2D eigenvalue weighted by Crippen LogP contribution is -2.53. The number of nitrogens with one attached hydrogen (secondary N) is 1. The maximum Gasteiger partial charge on any atom is 0.279 e. The summed E-state index contributed by atoms with van der Waals surface area (Å²) in [6.45, 7) is 9.24. The zero-order valence-electron chi connectivity index (χ0n) is 14.3. The Labute approximate surface area is 137 Å². The minimum Gasteiger partial charge on any atom is -0.466 e. The highest BCUT2D eigenvalue weighted by Gasteiger charge is 2.34. The molecule has 7 nitrogen and oxygen atoms in total. The molecule has 8 heteroatoms. The standard InChI is InChI=1S/C15H26N2O5S/c1-10-6-14(13(4)22-10)15(5,18)9-16-23(19,20)17-7-11(2)21-12(3)8-17/h6,11-12,16,18H,7-9H2,1-5H3/t11-,12-,15+/m0/s1. The van der Waals surface area contributed by atoms with Gasteiger partial charge in [-0.1, -0.05) is 0 Å². The van der Waals surface area contributed by atoms with Crippen LogP contribution in [0.3, 0.4) is 0 Å². The van der Waals surface area contributed by atoms with Gasteiger partial charge < -0.3 is 14.3 Å². The first kappa shape index (κ1) is 18.4. The number of aliphatic hydroxyl groups is 1. The van der Waals surface area contributed by atoms with Gasteiger partial charge in [0.25, 0.3) is 10.2 Å². The number of rotatable bonds is 5. The Hall–Kier alpha value is -0.930. The van der Waals surface area contributed by atoms with Crippen molar-refractivity contribution in [3.63, 3.8) is 0 Å². The first-order valence-electron chi connectivity index (χ1n) is 7.71. The van der Waals surface area contributed by atoms with Crippen molar-refractivity contribution in [1.29, 1.82) is 0 Å². The fourth-order valence-corrected chi connectivity index (χ4v) is 4.37. The molecule has 0 bridgehead atoms. The summed E-state index contributed by atoms with van der Waals surface area (Å²) in [6, 6.07) is 1.72. The van der Waals surface area contributed by atoms with Crippen LogP contribution in [0.15, 0.2) is 10.5 Å². The highest BCUT2D eigenvalue weighted by molar-refractivity contribution is 7.87. The molecule has 3 atom stereocenters. The largest absolute Gasteiger partial charge is 0.466 e. The van der Waals surface area contributed by atoms with Gasteiger partial charge in [0.1, 0.15) is 17.1 Å². The molecule has 23 heavy (non-hydrogen) atoms. The summed E-state index contributed by atoms with van der Waals surface area (Å²) in [5.74, 6) is 1.26. The Bertz CT molecular complexity index is 643. The quantitative estimate of drug-likeness (QED) is 0.831. The summed E-state index contributed by atoms with van der Waals surface area (Å²) in [5.41, 5.74) is -0.764. The Morgan fingerprint density at radius 2 is 1.91 bits per heavy atom. The van der Waals surface area contributed by atoms with Crippen molar-refractivity contribution in [1.82, 2.24) is 9.03 Å². The molecule has 1 aliphatic rings. The molecular weight excluding hydrogens is 320 g/mol. The van der Waals surface area contributed by atoms with E-state index in [0.29, 0.717) is 30.2 Å². The van der Waals surface area contributed by atoms with Gasteiger partial charge in [-0.05, 0) is 40.7 Å². The van der Waals surface area contributed by atoms with Gasteiger partial charge >= 0.3 is 0 Å². The van der Waals surface area contributed by atoms with Gasteiger partial charge in [0.2, 0.25) is 0 Å². The van der Waals surface area contributed by atoms with E-state index < -0.39 is 15.8 Å². The number of hydrogen-bond donors (Lipinski definition) is 2. The Balaban J connectivity index is 2.07. The van der Waals surface area contributed by atoms with Crippen LogP contribution in [0.1, 0.15) is 37.9 Å². The van der Waals surface area contributed by atoms with Crippen molar-refractivity contribution in [2.75, 3.05) is 19.6 Å². The van der Waals surface area contributed by atoms with E-state index in [-0.39, 0.29) is 18.8 Å². The van der Waals surface area contributed by atoms with Crippen LogP contribution in [0, 0.1) is 13.8 Å². The molecule has 0 amide bonds. The average molecular weight is 346 g/mol. The van der Waals surface area contributed by atoms with E-state index in [1.165, 1.54) is 4.31 Å². The molecule has 0 radical (unpaired) electrons. The van der Waals surface area contributed by atoms with Gasteiger partial charge in [-0.15, -0.1) is 0 Å². The Kier molecular flexibility index (Phi) is 5.22. The van der Waals surface area contributed by atoms with Gasteiger partial charge in [-0.2, -0.15) is 17.4 Å². The van der Waals surface area contributed by atoms with Crippen molar-refractivity contribution in [2.45, 2.75) is 52.4 Å². The smallest absolute Gasteiger partial charge is 0.279 e. The third kappa shape index (κ3) is 4.33. The van der Waals surface area contributed by atoms with E-state index in [9.17, 15) is 13.5 Å². The summed E-state index contributed by atoms with van der Waals surface area (Å²) >= 11 is 0. The van der Waals surface area contributed by atoms with Crippen LogP contribution < -0.4 is 4.72 Å². The Morgan fingerprint density at radius 1 is 1.35 bits per heavy atom. The highest BCUT2D eigenvalue weighted by atomic mass is 32.2. The number of morpholine rings is 1. The normalized spacial score (nSPS) is 26.2. The van der Waals surface area contributed by atoms with Crippen LogP contribution in [0.5, 0.6) is 0 Å². The molecule has 0 unspecified atom stereocenters. The van der Waals surface area contributed by atoms with Crippen LogP contribution in [0.4, 0.5) is 0 Å². The Morgan fingerprint density at radius 3 is 2.39 bits per heavy atom. The first-order valence-corrected chi connectivity index (χ1v) is 9.15. The van der Waals surface area contributed by atoms with Crippen LogP contribution in [-0.2, 0) is 20.5 Å². The van der Waals surface area contributed by atoms with E-state index in [0.717, 1.165) is 0 Å². The lowest BCUT2D eigenvalue weighted by atomic mass is 9.97. The van der Waals surface area contributed by atoms with Gasteiger partial charge in [0.15, 0.2) is 0 Å². The molecule has 0 aliphatic carbocycles. The number of furan rings is 1. The van der Waals surface area contributed by atoms with Crippen molar-refractivity contribution < 1.29 is 22.7 Å². The van der Waals surface area contributed by atoms with E-state index in [1.807, 2.05) is 13.8 Å². The lowest BCUT2D eigenvalue weighted by molar-refractivity contribution is -0.0445. The lowest BCUT2D eigenvalue weighted by Gasteiger charge is -2.35.